The molecule has 1 atom stereocenters. The molecule has 0 aliphatic carbocycles. The number of allylic oxidation sites excluding steroid dienone is 1. The van der Waals surface area contributed by atoms with Crippen LogP contribution in [0.3, 0.4) is 0 Å². The Labute approximate surface area is 130 Å². The van der Waals surface area contributed by atoms with Gasteiger partial charge in [-0.3, -0.25) is 0 Å². The van der Waals surface area contributed by atoms with Gasteiger partial charge in [-0.05, 0) is 35.3 Å². The standard InChI is InChI=1S/C19H17ClO/c1-2-3-5-10-18(15-8-6-4-7-9-15)19(21)16-11-13-17(20)14-12-16/h1,4,6-14,19,21H,3,5H2/b18-10+. The third-order valence-corrected chi connectivity index (χ3v) is 3.49. The minimum atomic E-state index is -0.692. The Hall–Kier alpha value is -2.01. The first-order chi connectivity index (χ1) is 10.2. The molecule has 0 heterocycles. The van der Waals surface area contributed by atoms with Gasteiger partial charge in [0.25, 0.3) is 0 Å². The highest BCUT2D eigenvalue weighted by molar-refractivity contribution is 6.30. The molecule has 106 valence electrons. The van der Waals surface area contributed by atoms with Crippen molar-refractivity contribution in [2.24, 2.45) is 0 Å². The van der Waals surface area contributed by atoms with Crippen molar-refractivity contribution in [1.82, 2.24) is 0 Å². The Morgan fingerprint density at radius 2 is 1.81 bits per heavy atom. The Balaban J connectivity index is 2.33. The third kappa shape index (κ3) is 4.23. The highest BCUT2D eigenvalue weighted by Crippen LogP contribution is 2.31. The molecule has 0 saturated heterocycles. The maximum Gasteiger partial charge on any atom is 0.104 e. The average molecular weight is 297 g/mol. The number of halogens is 1. The van der Waals surface area contributed by atoms with Crippen LogP contribution < -0.4 is 0 Å². The Bertz CT molecular complexity index is 636. The molecule has 0 amide bonds. The summed E-state index contributed by atoms with van der Waals surface area (Å²) in [5.74, 6) is 2.62. The number of hydrogen-bond acceptors (Lipinski definition) is 1. The lowest BCUT2D eigenvalue weighted by Gasteiger charge is -2.16. The molecule has 2 aromatic rings. The van der Waals surface area contributed by atoms with Crippen molar-refractivity contribution in [3.63, 3.8) is 0 Å². The highest BCUT2D eigenvalue weighted by Gasteiger charge is 2.14. The zero-order chi connectivity index (χ0) is 15.1. The van der Waals surface area contributed by atoms with Gasteiger partial charge in [0, 0.05) is 11.4 Å². The average Bonchev–Trinajstić information content (AvgIpc) is 2.53. The van der Waals surface area contributed by atoms with Crippen molar-refractivity contribution in [2.75, 3.05) is 0 Å². The van der Waals surface area contributed by atoms with Crippen LogP contribution in [0.4, 0.5) is 0 Å². The van der Waals surface area contributed by atoms with Gasteiger partial charge in [-0.15, -0.1) is 12.3 Å². The normalized spacial score (nSPS) is 12.7. The second-order valence-electron chi connectivity index (χ2n) is 4.72. The van der Waals surface area contributed by atoms with Crippen LogP contribution in [-0.4, -0.2) is 5.11 Å². The van der Waals surface area contributed by atoms with Crippen LogP contribution in [0.2, 0.25) is 5.02 Å². The summed E-state index contributed by atoms with van der Waals surface area (Å²) < 4.78 is 0. The molecule has 2 aromatic carbocycles. The van der Waals surface area contributed by atoms with Gasteiger partial charge in [0.05, 0.1) is 0 Å². The Kier molecular flexibility index (Phi) is 5.63. The van der Waals surface area contributed by atoms with Crippen LogP contribution in [0.25, 0.3) is 5.57 Å². The van der Waals surface area contributed by atoms with Crippen LogP contribution in [0.15, 0.2) is 60.7 Å². The zero-order valence-electron chi connectivity index (χ0n) is 11.7. The van der Waals surface area contributed by atoms with E-state index in [1.165, 1.54) is 0 Å². The summed E-state index contributed by atoms with van der Waals surface area (Å²) in [6.07, 6.45) is 8.01. The predicted molar refractivity (Wildman–Crippen MR) is 88.9 cm³/mol. The van der Waals surface area contributed by atoms with Gasteiger partial charge in [-0.25, -0.2) is 0 Å². The van der Waals surface area contributed by atoms with Gasteiger partial charge in [0.15, 0.2) is 0 Å². The van der Waals surface area contributed by atoms with Crippen molar-refractivity contribution < 1.29 is 5.11 Å². The molecule has 1 unspecified atom stereocenters. The minimum absolute atomic E-state index is 0.656. The van der Waals surface area contributed by atoms with Gasteiger partial charge in [0.1, 0.15) is 6.10 Å². The molecular formula is C19H17ClO. The van der Waals surface area contributed by atoms with Gasteiger partial charge in [0.2, 0.25) is 0 Å². The fourth-order valence-electron chi connectivity index (χ4n) is 2.15. The van der Waals surface area contributed by atoms with E-state index in [2.05, 4.69) is 5.92 Å². The second-order valence-corrected chi connectivity index (χ2v) is 5.16. The quantitative estimate of drug-likeness (QED) is 0.616. The van der Waals surface area contributed by atoms with Crippen molar-refractivity contribution in [2.45, 2.75) is 18.9 Å². The SMILES string of the molecule is C#CCC/C=C(\c1ccccc1)C(O)c1ccc(Cl)cc1. The fourth-order valence-corrected chi connectivity index (χ4v) is 2.28. The number of benzene rings is 2. The van der Waals surface area contributed by atoms with Gasteiger partial charge < -0.3 is 5.11 Å². The summed E-state index contributed by atoms with van der Waals surface area (Å²) >= 11 is 5.90. The summed E-state index contributed by atoms with van der Waals surface area (Å²) in [6.45, 7) is 0. The molecule has 0 spiro atoms. The number of terminal acetylenes is 1. The van der Waals surface area contributed by atoms with E-state index in [0.717, 1.165) is 23.1 Å². The summed E-state index contributed by atoms with van der Waals surface area (Å²) in [5, 5.41) is 11.3. The third-order valence-electron chi connectivity index (χ3n) is 3.24. The number of aliphatic hydroxyl groups is 1. The number of aliphatic hydroxyl groups excluding tert-OH is 1. The highest BCUT2D eigenvalue weighted by atomic mass is 35.5. The van der Waals surface area contributed by atoms with Crippen LogP contribution in [0, 0.1) is 12.3 Å². The molecule has 2 rings (SSSR count). The van der Waals surface area contributed by atoms with Crippen LogP contribution in [0.1, 0.15) is 30.1 Å². The monoisotopic (exact) mass is 296 g/mol. The zero-order valence-corrected chi connectivity index (χ0v) is 12.4. The van der Waals surface area contributed by atoms with Crippen LogP contribution in [-0.2, 0) is 0 Å². The largest absolute Gasteiger partial charge is 0.384 e. The van der Waals surface area contributed by atoms with Gasteiger partial charge in [-0.2, -0.15) is 0 Å². The molecule has 2 heteroatoms. The molecule has 0 fully saturated rings. The lowest BCUT2D eigenvalue weighted by atomic mass is 9.94. The summed E-state index contributed by atoms with van der Waals surface area (Å²) in [4.78, 5) is 0. The van der Waals surface area contributed by atoms with E-state index in [1.807, 2.05) is 48.5 Å². The van der Waals surface area contributed by atoms with E-state index in [4.69, 9.17) is 18.0 Å². The molecule has 0 aliphatic heterocycles. The smallest absolute Gasteiger partial charge is 0.104 e. The lowest BCUT2D eigenvalue weighted by Crippen LogP contribution is -2.01. The van der Waals surface area contributed by atoms with E-state index in [1.54, 1.807) is 12.1 Å². The van der Waals surface area contributed by atoms with E-state index >= 15 is 0 Å². The van der Waals surface area contributed by atoms with E-state index < -0.39 is 6.10 Å². The van der Waals surface area contributed by atoms with Gasteiger partial charge in [-0.1, -0.05) is 60.1 Å². The summed E-state index contributed by atoms with van der Waals surface area (Å²) in [7, 11) is 0. The Morgan fingerprint density at radius 1 is 1.14 bits per heavy atom. The Morgan fingerprint density at radius 3 is 2.43 bits per heavy atom. The van der Waals surface area contributed by atoms with E-state index in [0.29, 0.717) is 11.4 Å². The lowest BCUT2D eigenvalue weighted by molar-refractivity contribution is 0.238. The summed E-state index contributed by atoms with van der Waals surface area (Å²) in [6, 6.07) is 17.1. The van der Waals surface area contributed by atoms with Crippen molar-refractivity contribution in [3.8, 4) is 12.3 Å². The van der Waals surface area contributed by atoms with E-state index in [-0.39, 0.29) is 0 Å². The first-order valence-corrected chi connectivity index (χ1v) is 7.22. The molecule has 0 saturated carbocycles. The topological polar surface area (TPSA) is 20.2 Å². The van der Waals surface area contributed by atoms with Crippen LogP contribution >= 0.6 is 11.6 Å². The molecule has 0 aromatic heterocycles. The fraction of sp³-hybridized carbons (Fsp3) is 0.158. The first-order valence-electron chi connectivity index (χ1n) is 6.85. The molecule has 1 nitrogen and oxygen atoms in total. The molecule has 0 bridgehead atoms. The second kappa shape index (κ2) is 7.69. The maximum atomic E-state index is 10.7. The summed E-state index contributed by atoms with van der Waals surface area (Å²) in [5.41, 5.74) is 2.68. The number of hydrogen-bond donors (Lipinski definition) is 1. The van der Waals surface area contributed by atoms with Crippen molar-refractivity contribution in [1.29, 1.82) is 0 Å². The van der Waals surface area contributed by atoms with Crippen molar-refractivity contribution >= 4 is 17.2 Å². The van der Waals surface area contributed by atoms with Crippen LogP contribution in [0.5, 0.6) is 0 Å². The molecule has 21 heavy (non-hydrogen) atoms. The number of rotatable bonds is 5. The molecule has 0 aliphatic rings. The van der Waals surface area contributed by atoms with Gasteiger partial charge >= 0.3 is 0 Å². The first kappa shape index (κ1) is 15.4. The van der Waals surface area contributed by atoms with E-state index in [9.17, 15) is 5.11 Å². The predicted octanol–water partition coefficient (Wildman–Crippen LogP) is 4.87. The maximum absolute atomic E-state index is 10.7. The van der Waals surface area contributed by atoms with Crippen molar-refractivity contribution in [3.05, 3.63) is 76.8 Å². The molecule has 1 N–H and O–H groups in total. The molecule has 0 radical (unpaired) electrons. The minimum Gasteiger partial charge on any atom is -0.384 e. The molecular weight excluding hydrogens is 280 g/mol. The number of unbranched alkanes of at least 4 members (excludes halogenated alkanes) is 1.